The van der Waals surface area contributed by atoms with Gasteiger partial charge >= 0.3 is 0 Å². The lowest BCUT2D eigenvalue weighted by Gasteiger charge is -2.16. The number of rotatable bonds is 1. The predicted octanol–water partition coefficient (Wildman–Crippen LogP) is 2.63. The highest BCUT2D eigenvalue weighted by molar-refractivity contribution is 6.30. The van der Waals surface area contributed by atoms with Crippen LogP contribution in [0.15, 0.2) is 12.1 Å². The van der Waals surface area contributed by atoms with Crippen LogP contribution in [0.4, 0.5) is 0 Å². The van der Waals surface area contributed by atoms with E-state index in [1.54, 1.807) is 6.92 Å². The number of fused-ring (bicyclic) bond motifs is 1. The highest BCUT2D eigenvalue weighted by Gasteiger charge is 2.28. The molecule has 2 heterocycles. The minimum atomic E-state index is 0.132. The first-order chi connectivity index (χ1) is 8.65. The van der Waals surface area contributed by atoms with Gasteiger partial charge in [-0.25, -0.2) is 0 Å². The van der Waals surface area contributed by atoms with E-state index < -0.39 is 0 Å². The van der Waals surface area contributed by atoms with Crippen molar-refractivity contribution in [2.24, 2.45) is 0 Å². The molecule has 3 nitrogen and oxygen atoms in total. The fraction of sp³-hybridized carbons (Fsp3) is 0.500. The van der Waals surface area contributed by atoms with Crippen molar-refractivity contribution in [3.8, 4) is 0 Å². The van der Waals surface area contributed by atoms with Crippen molar-refractivity contribution >= 4 is 17.5 Å². The average molecular weight is 265 g/mol. The van der Waals surface area contributed by atoms with Gasteiger partial charge in [-0.3, -0.25) is 4.79 Å². The molecule has 2 aliphatic heterocycles. The van der Waals surface area contributed by atoms with Gasteiger partial charge in [0, 0.05) is 31.1 Å². The molecule has 4 heteroatoms. The second-order valence-electron chi connectivity index (χ2n) is 5.16. The van der Waals surface area contributed by atoms with Crippen LogP contribution in [0.1, 0.15) is 42.5 Å². The maximum absolute atomic E-state index is 11.5. The van der Waals surface area contributed by atoms with Crippen molar-refractivity contribution in [3.05, 3.63) is 33.8 Å². The topological polar surface area (TPSA) is 32.3 Å². The second kappa shape index (κ2) is 4.56. The molecule has 18 heavy (non-hydrogen) atoms. The third-order valence-electron chi connectivity index (χ3n) is 3.93. The summed E-state index contributed by atoms with van der Waals surface area (Å²) in [7, 11) is 0. The fourth-order valence-corrected chi connectivity index (χ4v) is 3.24. The summed E-state index contributed by atoms with van der Waals surface area (Å²) in [6.07, 6.45) is 2.37. The van der Waals surface area contributed by atoms with E-state index in [1.807, 2.05) is 11.0 Å². The summed E-state index contributed by atoms with van der Waals surface area (Å²) < 4.78 is 0. The number of benzene rings is 1. The van der Waals surface area contributed by atoms with Gasteiger partial charge in [0.1, 0.15) is 0 Å². The number of nitrogens with one attached hydrogen (secondary N) is 1. The van der Waals surface area contributed by atoms with Crippen LogP contribution in [0, 0.1) is 0 Å². The molecule has 1 aromatic rings. The molecular weight excluding hydrogens is 248 g/mol. The molecule has 0 bridgehead atoms. The summed E-state index contributed by atoms with van der Waals surface area (Å²) >= 11 is 6.20. The van der Waals surface area contributed by atoms with Gasteiger partial charge in [0.05, 0.1) is 0 Å². The lowest BCUT2D eigenvalue weighted by molar-refractivity contribution is -0.129. The number of hydrogen-bond acceptors (Lipinski definition) is 2. The van der Waals surface area contributed by atoms with Gasteiger partial charge < -0.3 is 10.2 Å². The van der Waals surface area contributed by atoms with Crippen LogP contribution in [0.2, 0.25) is 5.02 Å². The molecule has 0 aromatic heterocycles. The number of amides is 1. The highest BCUT2D eigenvalue weighted by atomic mass is 35.5. The number of halogens is 1. The molecule has 1 unspecified atom stereocenters. The van der Waals surface area contributed by atoms with E-state index in [4.69, 9.17) is 11.6 Å². The third-order valence-corrected chi connectivity index (χ3v) is 4.15. The maximum atomic E-state index is 11.5. The Kier molecular flexibility index (Phi) is 3.04. The molecule has 0 aliphatic carbocycles. The molecule has 1 saturated heterocycles. The first-order valence-electron chi connectivity index (χ1n) is 6.45. The average Bonchev–Trinajstić information content (AvgIpc) is 2.96. The van der Waals surface area contributed by atoms with E-state index in [0.717, 1.165) is 24.5 Å². The van der Waals surface area contributed by atoms with E-state index in [-0.39, 0.29) is 5.91 Å². The fourth-order valence-electron chi connectivity index (χ4n) is 2.99. The van der Waals surface area contributed by atoms with Crippen LogP contribution in [0.25, 0.3) is 0 Å². The van der Waals surface area contributed by atoms with Gasteiger partial charge in [-0.05, 0) is 48.2 Å². The molecule has 0 spiro atoms. The summed E-state index contributed by atoms with van der Waals surface area (Å²) in [5.74, 6) is 0.132. The number of carbonyl (C=O) groups is 1. The standard InChI is InChI=1S/C14H17ClN2O/c1-9(18)17-7-10-5-11(15)6-12(13(10)8-17)14-3-2-4-16-14/h5-6,14,16H,2-4,7-8H2,1H3. The number of hydrogen-bond donors (Lipinski definition) is 1. The third kappa shape index (κ3) is 2.02. The molecule has 1 N–H and O–H groups in total. The van der Waals surface area contributed by atoms with E-state index in [1.165, 1.54) is 23.1 Å². The van der Waals surface area contributed by atoms with Gasteiger partial charge in [0.25, 0.3) is 0 Å². The Morgan fingerprint density at radius 2 is 2.28 bits per heavy atom. The zero-order valence-electron chi connectivity index (χ0n) is 10.5. The summed E-state index contributed by atoms with van der Waals surface area (Å²) in [5, 5.41) is 4.29. The Bertz CT molecular complexity index is 495. The van der Waals surface area contributed by atoms with E-state index in [2.05, 4.69) is 11.4 Å². The summed E-state index contributed by atoms with van der Waals surface area (Å²) in [4.78, 5) is 13.4. The van der Waals surface area contributed by atoms with Gasteiger partial charge in [0.15, 0.2) is 0 Å². The van der Waals surface area contributed by atoms with Gasteiger partial charge in [0.2, 0.25) is 5.91 Å². The Morgan fingerprint density at radius 1 is 1.44 bits per heavy atom. The maximum Gasteiger partial charge on any atom is 0.220 e. The molecule has 1 amide bonds. The normalized spacial score (nSPS) is 22.3. The highest BCUT2D eigenvalue weighted by Crippen LogP contribution is 2.35. The van der Waals surface area contributed by atoms with Crippen LogP contribution in [0.3, 0.4) is 0 Å². The monoisotopic (exact) mass is 264 g/mol. The van der Waals surface area contributed by atoms with Crippen LogP contribution in [0.5, 0.6) is 0 Å². The number of nitrogens with zero attached hydrogens (tertiary/aromatic N) is 1. The molecule has 0 saturated carbocycles. The van der Waals surface area contributed by atoms with E-state index >= 15 is 0 Å². The van der Waals surface area contributed by atoms with Crippen molar-refractivity contribution in [1.29, 1.82) is 0 Å². The van der Waals surface area contributed by atoms with Crippen LogP contribution >= 0.6 is 11.6 Å². The minimum Gasteiger partial charge on any atom is -0.334 e. The molecule has 3 rings (SSSR count). The largest absolute Gasteiger partial charge is 0.334 e. The molecule has 2 aliphatic rings. The summed E-state index contributed by atoms with van der Waals surface area (Å²) in [6.45, 7) is 4.13. The van der Waals surface area contributed by atoms with Crippen LogP contribution in [-0.2, 0) is 17.9 Å². The van der Waals surface area contributed by atoms with Gasteiger partial charge in [-0.1, -0.05) is 11.6 Å². The lowest BCUT2D eigenvalue weighted by atomic mass is 9.96. The Morgan fingerprint density at radius 3 is 2.94 bits per heavy atom. The van der Waals surface area contributed by atoms with Crippen LogP contribution < -0.4 is 5.32 Å². The Hall–Kier alpha value is -1.06. The summed E-state index contributed by atoms with van der Waals surface area (Å²) in [5.41, 5.74) is 3.80. The Balaban J connectivity index is 1.99. The molecular formula is C14H17ClN2O. The molecule has 1 aromatic carbocycles. The SMILES string of the molecule is CC(=O)N1Cc2cc(Cl)cc(C3CCCN3)c2C1. The minimum absolute atomic E-state index is 0.132. The van der Waals surface area contributed by atoms with Gasteiger partial charge in [-0.15, -0.1) is 0 Å². The predicted molar refractivity (Wildman–Crippen MR) is 71.4 cm³/mol. The zero-order valence-corrected chi connectivity index (χ0v) is 11.3. The van der Waals surface area contributed by atoms with Crippen molar-refractivity contribution in [1.82, 2.24) is 10.2 Å². The van der Waals surface area contributed by atoms with Gasteiger partial charge in [-0.2, -0.15) is 0 Å². The molecule has 1 fully saturated rings. The lowest BCUT2D eigenvalue weighted by Crippen LogP contribution is -2.22. The second-order valence-corrected chi connectivity index (χ2v) is 5.59. The molecule has 0 radical (unpaired) electrons. The number of carbonyl (C=O) groups excluding carboxylic acids is 1. The molecule has 1 atom stereocenters. The molecule has 96 valence electrons. The van der Waals surface area contributed by atoms with E-state index in [0.29, 0.717) is 12.6 Å². The van der Waals surface area contributed by atoms with Crippen molar-refractivity contribution in [2.75, 3.05) is 6.54 Å². The summed E-state index contributed by atoms with van der Waals surface area (Å²) in [6, 6.07) is 4.47. The quantitative estimate of drug-likeness (QED) is 0.846. The van der Waals surface area contributed by atoms with Crippen molar-refractivity contribution in [2.45, 2.75) is 38.9 Å². The first kappa shape index (κ1) is 12.0. The Labute approximate surface area is 112 Å². The van der Waals surface area contributed by atoms with Crippen molar-refractivity contribution in [3.63, 3.8) is 0 Å². The first-order valence-corrected chi connectivity index (χ1v) is 6.83. The van der Waals surface area contributed by atoms with E-state index in [9.17, 15) is 4.79 Å². The zero-order chi connectivity index (χ0) is 12.7. The van der Waals surface area contributed by atoms with Crippen molar-refractivity contribution < 1.29 is 4.79 Å². The smallest absolute Gasteiger partial charge is 0.220 e. The van der Waals surface area contributed by atoms with Crippen LogP contribution in [-0.4, -0.2) is 17.4 Å².